The van der Waals surface area contributed by atoms with Gasteiger partial charge in [-0.05, 0) is 122 Å². The molecule has 0 saturated carbocycles. The zero-order valence-corrected chi connectivity index (χ0v) is 45.4. The van der Waals surface area contributed by atoms with Gasteiger partial charge in [0.2, 0.25) is 0 Å². The summed E-state index contributed by atoms with van der Waals surface area (Å²) in [6.07, 6.45) is 82.8. The molecule has 398 valence electrons. The summed E-state index contributed by atoms with van der Waals surface area (Å²) >= 11 is 0. The molecule has 0 aromatic carbocycles. The predicted octanol–water partition coefficient (Wildman–Crippen LogP) is 19.2. The zero-order chi connectivity index (χ0) is 51.4. The fourth-order valence-corrected chi connectivity index (χ4v) is 7.15. The molecule has 1 atom stereocenters. The third-order valence-electron chi connectivity index (χ3n) is 11.3. The smallest absolute Gasteiger partial charge is 0.306 e. The average Bonchev–Trinajstić information content (AvgIpc) is 3.37. The van der Waals surface area contributed by atoms with Gasteiger partial charge in [-0.1, -0.05) is 231 Å². The minimum Gasteiger partial charge on any atom is -0.462 e. The maximum absolute atomic E-state index is 12.8. The predicted molar refractivity (Wildman–Crippen MR) is 306 cm³/mol. The van der Waals surface area contributed by atoms with E-state index >= 15 is 0 Å². The van der Waals surface area contributed by atoms with Gasteiger partial charge < -0.3 is 14.2 Å². The van der Waals surface area contributed by atoms with Gasteiger partial charge in [-0.15, -0.1) is 0 Å². The molecule has 0 bridgehead atoms. The molecule has 0 rings (SSSR count). The van der Waals surface area contributed by atoms with Crippen LogP contribution in [0.25, 0.3) is 0 Å². The summed E-state index contributed by atoms with van der Waals surface area (Å²) in [6, 6.07) is 0. The third-order valence-corrected chi connectivity index (χ3v) is 11.3. The van der Waals surface area contributed by atoms with Crippen LogP contribution in [-0.2, 0) is 28.6 Å². The quantitative estimate of drug-likeness (QED) is 0.0262. The van der Waals surface area contributed by atoms with Crippen molar-refractivity contribution in [2.45, 2.75) is 232 Å². The molecule has 1 unspecified atom stereocenters. The minimum absolute atomic E-state index is 0.102. The van der Waals surface area contributed by atoms with Crippen LogP contribution in [0.5, 0.6) is 0 Å². The molecule has 0 fully saturated rings. The van der Waals surface area contributed by atoms with Crippen molar-refractivity contribution in [1.82, 2.24) is 0 Å². The van der Waals surface area contributed by atoms with Gasteiger partial charge in [0.1, 0.15) is 13.2 Å². The second-order valence-electron chi connectivity index (χ2n) is 18.1. The summed E-state index contributed by atoms with van der Waals surface area (Å²) in [5, 5.41) is 0. The van der Waals surface area contributed by atoms with Crippen molar-refractivity contribution < 1.29 is 28.6 Å². The molecule has 0 aliphatic heterocycles. The van der Waals surface area contributed by atoms with E-state index in [1.54, 1.807) is 0 Å². The normalized spacial score (nSPS) is 13.2. The van der Waals surface area contributed by atoms with Crippen molar-refractivity contribution in [1.29, 1.82) is 0 Å². The van der Waals surface area contributed by atoms with Gasteiger partial charge in [-0.25, -0.2) is 0 Å². The number of ether oxygens (including phenoxy) is 3. The molecule has 0 amide bonds. The summed E-state index contributed by atoms with van der Waals surface area (Å²) in [5.74, 6) is -0.968. The first-order chi connectivity index (χ1) is 35.0. The molecule has 6 nitrogen and oxygen atoms in total. The Kier molecular flexibility index (Phi) is 54.0. The summed E-state index contributed by atoms with van der Waals surface area (Å²) in [7, 11) is 0. The molecule has 0 radical (unpaired) electrons. The van der Waals surface area contributed by atoms with Crippen molar-refractivity contribution in [3.63, 3.8) is 0 Å². The molecule has 0 aromatic rings. The van der Waals surface area contributed by atoms with Gasteiger partial charge >= 0.3 is 17.9 Å². The lowest BCUT2D eigenvalue weighted by atomic mass is 10.1. The van der Waals surface area contributed by atoms with Crippen molar-refractivity contribution in [2.24, 2.45) is 0 Å². The first-order valence-corrected chi connectivity index (χ1v) is 28.3. The molecule has 0 heterocycles. The SMILES string of the molecule is CC/C=C\C/C=C\C/C=C\C/C=C\C/C=C\C/C=C\CCCCCCC(=O)OCC(COC(=O)CCCCCCCCC)OC(=O)CCCCCC/C=C\C/C=C\C/C=C\C/C=C\C/C=C\C/C=C\CC. The van der Waals surface area contributed by atoms with Gasteiger partial charge in [0, 0.05) is 19.3 Å². The van der Waals surface area contributed by atoms with Crippen LogP contribution in [0.15, 0.2) is 146 Å². The maximum Gasteiger partial charge on any atom is 0.306 e. The van der Waals surface area contributed by atoms with Gasteiger partial charge in [0.05, 0.1) is 0 Å². The number of rotatable bonds is 49. The van der Waals surface area contributed by atoms with E-state index in [-0.39, 0.29) is 37.5 Å². The molecule has 0 aromatic heterocycles. The van der Waals surface area contributed by atoms with E-state index in [1.165, 1.54) is 25.7 Å². The van der Waals surface area contributed by atoms with Gasteiger partial charge in [-0.3, -0.25) is 14.4 Å². The number of allylic oxidation sites excluding steroid dienone is 24. The van der Waals surface area contributed by atoms with Crippen LogP contribution in [0.2, 0.25) is 0 Å². The van der Waals surface area contributed by atoms with Crippen molar-refractivity contribution >= 4 is 17.9 Å². The van der Waals surface area contributed by atoms with E-state index in [2.05, 4.69) is 167 Å². The van der Waals surface area contributed by atoms with Crippen LogP contribution in [-0.4, -0.2) is 37.2 Å². The molecule has 0 spiro atoms. The third kappa shape index (κ3) is 56.1. The molecule has 6 heteroatoms. The highest BCUT2D eigenvalue weighted by molar-refractivity contribution is 5.71. The molecular weight excluding hydrogens is 877 g/mol. The molecule has 0 aliphatic carbocycles. The molecular formula is C65H102O6. The number of carbonyl (C=O) groups excluding carboxylic acids is 3. The Labute approximate surface area is 436 Å². The van der Waals surface area contributed by atoms with E-state index in [4.69, 9.17) is 14.2 Å². The lowest BCUT2D eigenvalue weighted by Gasteiger charge is -2.18. The summed E-state index contributed by atoms with van der Waals surface area (Å²) in [5.41, 5.74) is 0. The van der Waals surface area contributed by atoms with E-state index in [0.717, 1.165) is 161 Å². The van der Waals surface area contributed by atoms with E-state index in [9.17, 15) is 14.4 Å². The van der Waals surface area contributed by atoms with E-state index in [1.807, 2.05) is 0 Å². The molecule has 0 aliphatic rings. The fraction of sp³-hybridized carbons (Fsp3) is 0.585. The van der Waals surface area contributed by atoms with Crippen LogP contribution >= 0.6 is 0 Å². The van der Waals surface area contributed by atoms with Crippen LogP contribution in [0.4, 0.5) is 0 Å². The fourth-order valence-electron chi connectivity index (χ4n) is 7.15. The average molecular weight is 980 g/mol. The van der Waals surface area contributed by atoms with Crippen LogP contribution < -0.4 is 0 Å². The number of carbonyl (C=O) groups is 3. The zero-order valence-electron chi connectivity index (χ0n) is 45.4. The largest absolute Gasteiger partial charge is 0.462 e. The van der Waals surface area contributed by atoms with Crippen molar-refractivity contribution in [2.75, 3.05) is 13.2 Å². The first-order valence-electron chi connectivity index (χ1n) is 28.3. The Balaban J connectivity index is 4.36. The lowest BCUT2D eigenvalue weighted by Crippen LogP contribution is -2.30. The van der Waals surface area contributed by atoms with Crippen LogP contribution in [0.1, 0.15) is 226 Å². The lowest BCUT2D eigenvalue weighted by molar-refractivity contribution is -0.167. The van der Waals surface area contributed by atoms with Crippen LogP contribution in [0.3, 0.4) is 0 Å². The molecule has 71 heavy (non-hydrogen) atoms. The van der Waals surface area contributed by atoms with Crippen molar-refractivity contribution in [3.05, 3.63) is 146 Å². The Bertz CT molecular complexity index is 1590. The Morgan fingerprint density at radius 3 is 0.859 bits per heavy atom. The summed E-state index contributed by atoms with van der Waals surface area (Å²) in [6.45, 7) is 6.31. The topological polar surface area (TPSA) is 78.9 Å². The minimum atomic E-state index is -0.807. The monoisotopic (exact) mass is 979 g/mol. The van der Waals surface area contributed by atoms with Gasteiger partial charge in [0.25, 0.3) is 0 Å². The second kappa shape index (κ2) is 57.9. The van der Waals surface area contributed by atoms with Crippen LogP contribution in [0, 0.1) is 0 Å². The van der Waals surface area contributed by atoms with Gasteiger partial charge in [0.15, 0.2) is 6.10 Å². The first kappa shape index (κ1) is 66.3. The summed E-state index contributed by atoms with van der Waals surface area (Å²) in [4.78, 5) is 38.0. The molecule has 0 saturated heterocycles. The Morgan fingerprint density at radius 2 is 0.549 bits per heavy atom. The van der Waals surface area contributed by atoms with E-state index in [0.29, 0.717) is 12.8 Å². The maximum atomic E-state index is 12.8. The number of hydrogen-bond donors (Lipinski definition) is 0. The van der Waals surface area contributed by atoms with Crippen molar-refractivity contribution in [3.8, 4) is 0 Å². The van der Waals surface area contributed by atoms with E-state index < -0.39 is 6.10 Å². The number of unbranched alkanes of at least 4 members (excludes halogenated alkanes) is 14. The number of esters is 3. The Hall–Kier alpha value is -4.71. The highest BCUT2D eigenvalue weighted by atomic mass is 16.6. The molecule has 0 N–H and O–H groups in total. The second-order valence-corrected chi connectivity index (χ2v) is 18.1. The Morgan fingerprint density at radius 1 is 0.296 bits per heavy atom. The highest BCUT2D eigenvalue weighted by Crippen LogP contribution is 2.13. The van der Waals surface area contributed by atoms with Gasteiger partial charge in [-0.2, -0.15) is 0 Å². The highest BCUT2D eigenvalue weighted by Gasteiger charge is 2.19. The number of hydrogen-bond acceptors (Lipinski definition) is 6. The summed E-state index contributed by atoms with van der Waals surface area (Å²) < 4.78 is 16.7. The standard InChI is InChI=1S/C65H102O6/c1-4-7-10-13-16-18-20-22-24-26-28-30-32-34-36-38-40-42-44-46-49-52-55-58-64(67)70-61-62(60-69-63(66)57-54-51-48-15-12-9-6-3)71-65(68)59-56-53-50-47-45-43-41-39-37-35-33-31-29-27-25-23-21-19-17-14-11-8-5-2/h7-8,10-11,16-19,22-25,28-31,34-37,40-43,62H,4-6,9,12-15,20-21,26-27,32-33,38-39,44-61H2,1-3H3/b10-7-,11-8-,18-16-,19-17-,24-22-,25-23-,30-28-,31-29-,36-34-,37-35-,42-40-,43-41-.